The van der Waals surface area contributed by atoms with E-state index in [0.717, 1.165) is 33.3 Å². The van der Waals surface area contributed by atoms with Crippen molar-refractivity contribution in [3.05, 3.63) is 88.2 Å². The lowest BCUT2D eigenvalue weighted by molar-refractivity contribution is -0.662. The molecule has 6 aliphatic heterocycles. The summed E-state index contributed by atoms with van der Waals surface area (Å²) in [6.45, 7) is 24.1. The maximum Gasteiger partial charge on any atom is 0.349 e. The van der Waals surface area contributed by atoms with E-state index in [9.17, 15) is 19.2 Å². The third kappa shape index (κ3) is 8.83. The molecule has 352 valence electrons. The summed E-state index contributed by atoms with van der Waals surface area (Å²) in [5.74, 6) is -3.13. The third-order valence-electron chi connectivity index (χ3n) is 12.5. The van der Waals surface area contributed by atoms with Gasteiger partial charge in [-0.25, -0.2) is 19.6 Å². The van der Waals surface area contributed by atoms with Crippen LogP contribution in [-0.2, 0) is 51.0 Å². The number of benzene rings is 2. The number of fused-ring (bicyclic) bond motifs is 6. The predicted molar refractivity (Wildman–Crippen MR) is 238 cm³/mol. The summed E-state index contributed by atoms with van der Waals surface area (Å²) in [4.78, 5) is 70.0. The molecule has 6 aliphatic rings. The molecule has 66 heavy (non-hydrogen) atoms. The molecular weight excluding hydrogens is 857 g/mol. The minimum atomic E-state index is -0.875. The number of aromatic amines is 3. The molecule has 20 nitrogen and oxygen atoms in total. The Labute approximate surface area is 378 Å². The van der Waals surface area contributed by atoms with E-state index in [4.69, 9.17) is 37.9 Å². The van der Waals surface area contributed by atoms with Crippen molar-refractivity contribution in [1.29, 1.82) is 0 Å². The SMILES string of the molecule is Cc1cc2nc3[nH]c(=O)[nH]c(=O)c3[n+](C[C@@H]3OC(C)(C)O[C@@H]4COC(C)(C)O[C@@H]34)c2cc1C.Cc1cc2nc3c(=O)[nH]c(=O)nc-3n(C[C@@H]3OC(C)(C)O[C@@H]4COC(C)(C)O[C@@H]34)c2cc1C. The van der Waals surface area contributed by atoms with Crippen molar-refractivity contribution in [2.45, 2.75) is 156 Å². The fourth-order valence-electron chi connectivity index (χ4n) is 9.31. The van der Waals surface area contributed by atoms with Crippen LogP contribution in [0.2, 0.25) is 0 Å². The summed E-state index contributed by atoms with van der Waals surface area (Å²) < 4.78 is 52.5. The standard InChI is InChI=1S/2C23H28N4O6/c1-11-7-13-14(8-12(11)2)27(17-19(24-13)25-21(29)26-20(17)28)9-15-18-16(32-23(5,6)31-15)10-30-22(3,4)33-18;1-11-7-13-14(8-12(11)2)27(19-17(24-13)20(28)26-21(29)25-19)9-15-18-16(32-23(5,6)31-15)10-30-22(3,4)33-18/h7-8,15-16,18H,9-10H2,1-6H3,(H-,24,25,26,28,29);7-8,15-16,18H,9-10H2,1-6H3,(H,26,28,29)/p+1/t2*15-,16+,18-/m00/s1. The van der Waals surface area contributed by atoms with Crippen molar-refractivity contribution in [2.75, 3.05) is 13.2 Å². The number of rotatable bonds is 4. The number of aryl methyl sites for hydroxylation is 4. The molecule has 4 fully saturated rings. The van der Waals surface area contributed by atoms with E-state index in [2.05, 4.69) is 29.9 Å². The van der Waals surface area contributed by atoms with E-state index in [1.807, 2.05) is 116 Å². The molecule has 6 atom stereocenters. The van der Waals surface area contributed by atoms with Gasteiger partial charge in [-0.3, -0.25) is 24.5 Å². The van der Waals surface area contributed by atoms with Crippen molar-refractivity contribution in [3.8, 4) is 11.5 Å². The van der Waals surface area contributed by atoms with Crippen LogP contribution < -0.4 is 27.1 Å². The van der Waals surface area contributed by atoms with E-state index in [1.54, 1.807) is 0 Å². The molecular formula is C46H57N8O12+. The van der Waals surface area contributed by atoms with Gasteiger partial charge in [0.1, 0.15) is 42.1 Å². The Hall–Kier alpha value is -5.32. The van der Waals surface area contributed by atoms with E-state index in [-0.39, 0.29) is 48.0 Å². The van der Waals surface area contributed by atoms with Crippen LogP contribution in [0, 0.1) is 27.7 Å². The molecule has 0 aliphatic carbocycles. The Morgan fingerprint density at radius 2 is 1.18 bits per heavy atom. The van der Waals surface area contributed by atoms with E-state index in [0.29, 0.717) is 24.2 Å². The highest BCUT2D eigenvalue weighted by Crippen LogP contribution is 2.38. The first-order valence-electron chi connectivity index (χ1n) is 22.1. The highest BCUT2D eigenvalue weighted by molar-refractivity contribution is 5.81. The highest BCUT2D eigenvalue weighted by atomic mass is 16.8. The molecule has 0 saturated carbocycles. The first-order chi connectivity index (χ1) is 30.8. The van der Waals surface area contributed by atoms with E-state index in [1.165, 1.54) is 0 Å². The zero-order chi connectivity index (χ0) is 47.4. The molecule has 3 N–H and O–H groups in total. The van der Waals surface area contributed by atoms with Crippen molar-refractivity contribution < 1.29 is 42.5 Å². The molecule has 2 aromatic heterocycles. The fraction of sp³-hybridized carbons (Fsp3) is 0.565. The Kier molecular flexibility index (Phi) is 11.2. The Balaban J connectivity index is 0.000000166. The second-order valence-corrected chi connectivity index (χ2v) is 19.5. The maximum atomic E-state index is 12.9. The molecule has 20 heteroatoms. The van der Waals surface area contributed by atoms with Crippen LogP contribution in [0.3, 0.4) is 0 Å². The molecule has 0 bridgehead atoms. The van der Waals surface area contributed by atoms with Crippen LogP contribution >= 0.6 is 0 Å². The Bertz CT molecular complexity index is 3120. The van der Waals surface area contributed by atoms with Crippen molar-refractivity contribution >= 4 is 33.2 Å². The summed E-state index contributed by atoms with van der Waals surface area (Å²) in [5, 5.41) is 0. The highest BCUT2D eigenvalue weighted by Gasteiger charge is 2.52. The van der Waals surface area contributed by atoms with Crippen molar-refractivity contribution in [2.24, 2.45) is 0 Å². The molecule has 2 aromatic carbocycles. The smallest absolute Gasteiger partial charge is 0.348 e. The van der Waals surface area contributed by atoms with Gasteiger partial charge >= 0.3 is 22.5 Å². The molecule has 4 saturated heterocycles. The van der Waals surface area contributed by atoms with Crippen LogP contribution in [0.4, 0.5) is 0 Å². The molecule has 0 radical (unpaired) electrons. The predicted octanol–water partition coefficient (Wildman–Crippen LogP) is 3.21. The topological polar surface area (TPSA) is 237 Å². The second kappa shape index (κ2) is 16.2. The van der Waals surface area contributed by atoms with Crippen LogP contribution in [0.15, 0.2) is 43.4 Å². The lowest BCUT2D eigenvalue weighted by Crippen LogP contribution is -2.65. The first-order valence-corrected chi connectivity index (χ1v) is 22.1. The molecule has 4 aromatic rings. The van der Waals surface area contributed by atoms with Gasteiger partial charge in [0.2, 0.25) is 11.2 Å². The minimum absolute atomic E-state index is 0.0986. The first kappa shape index (κ1) is 45.8. The van der Waals surface area contributed by atoms with Crippen molar-refractivity contribution in [3.63, 3.8) is 0 Å². The molecule has 0 amide bonds. The van der Waals surface area contributed by atoms with Crippen LogP contribution in [-0.4, -0.2) is 107 Å². The molecule has 0 unspecified atom stereocenters. The summed E-state index contributed by atoms with van der Waals surface area (Å²) in [7, 11) is 0. The largest absolute Gasteiger partial charge is 0.349 e. The van der Waals surface area contributed by atoms with E-state index >= 15 is 0 Å². The molecule has 8 heterocycles. The van der Waals surface area contributed by atoms with Gasteiger partial charge in [-0.15, -0.1) is 0 Å². The van der Waals surface area contributed by atoms with Gasteiger partial charge in [0.05, 0.1) is 30.8 Å². The Morgan fingerprint density at radius 3 is 1.82 bits per heavy atom. The number of ether oxygens (including phenoxy) is 8. The summed E-state index contributed by atoms with van der Waals surface area (Å²) in [6, 6.07) is 7.86. The van der Waals surface area contributed by atoms with Gasteiger partial charge in [-0.1, -0.05) is 0 Å². The summed E-state index contributed by atoms with van der Waals surface area (Å²) in [6.07, 6.45) is -2.41. The van der Waals surface area contributed by atoms with Crippen LogP contribution in [0.1, 0.15) is 77.6 Å². The average Bonchev–Trinajstić information content (AvgIpc) is 3.19. The van der Waals surface area contributed by atoms with Gasteiger partial charge in [0.25, 0.3) is 5.56 Å². The average molecular weight is 914 g/mol. The number of nitrogens with zero attached hydrogens (tertiary/aromatic N) is 5. The number of nitrogens with one attached hydrogen (secondary N) is 3. The fourth-order valence-corrected chi connectivity index (χ4v) is 9.31. The number of H-pyrrole nitrogens is 3. The maximum absolute atomic E-state index is 12.9. The van der Waals surface area contributed by atoms with Crippen LogP contribution in [0.5, 0.6) is 0 Å². The lowest BCUT2D eigenvalue weighted by atomic mass is 10.0. The van der Waals surface area contributed by atoms with Crippen LogP contribution in [0.25, 0.3) is 44.7 Å². The van der Waals surface area contributed by atoms with Gasteiger partial charge in [0.15, 0.2) is 41.2 Å². The number of hydrogen-bond acceptors (Lipinski definition) is 15. The van der Waals surface area contributed by atoms with Gasteiger partial charge < -0.3 is 42.5 Å². The van der Waals surface area contributed by atoms with Gasteiger partial charge in [-0.2, -0.15) is 9.55 Å². The summed E-state index contributed by atoms with van der Waals surface area (Å²) >= 11 is 0. The normalized spacial score (nSPS) is 26.4. The quantitative estimate of drug-likeness (QED) is 0.170. The third-order valence-corrected chi connectivity index (χ3v) is 12.5. The monoisotopic (exact) mass is 913 g/mol. The number of aromatic nitrogens is 8. The number of hydrogen-bond donors (Lipinski definition) is 3. The molecule has 0 spiro atoms. The Morgan fingerprint density at radius 1 is 0.621 bits per heavy atom. The minimum Gasteiger partial charge on any atom is -0.348 e. The van der Waals surface area contributed by atoms with Gasteiger partial charge in [-0.05, 0) is 124 Å². The molecule has 10 rings (SSSR count). The van der Waals surface area contributed by atoms with Gasteiger partial charge in [0, 0.05) is 6.07 Å². The second-order valence-electron chi connectivity index (χ2n) is 19.5. The lowest BCUT2D eigenvalue weighted by Gasteiger charge is -2.51. The zero-order valence-corrected chi connectivity index (χ0v) is 39.2. The zero-order valence-electron chi connectivity index (χ0n) is 39.2. The van der Waals surface area contributed by atoms with E-state index < -0.39 is 70.1 Å². The van der Waals surface area contributed by atoms with Crippen molar-refractivity contribution in [1.82, 2.24) is 34.5 Å². The summed E-state index contributed by atoms with van der Waals surface area (Å²) in [5.41, 5.74) is 5.20.